The molecule has 0 radical (unpaired) electrons. The Labute approximate surface area is 158 Å². The van der Waals surface area contributed by atoms with E-state index in [9.17, 15) is 9.90 Å². The third-order valence-electron chi connectivity index (χ3n) is 5.32. The molecule has 1 aromatic carbocycles. The van der Waals surface area contributed by atoms with Gasteiger partial charge in [-0.05, 0) is 50.9 Å². The van der Waals surface area contributed by atoms with Gasteiger partial charge in [0.05, 0.1) is 6.61 Å². The van der Waals surface area contributed by atoms with Crippen LogP contribution in [0.1, 0.15) is 38.2 Å². The van der Waals surface area contributed by atoms with Crippen LogP contribution in [0.4, 0.5) is 4.79 Å². The van der Waals surface area contributed by atoms with Gasteiger partial charge in [0.1, 0.15) is 0 Å². The van der Waals surface area contributed by atoms with Crippen LogP contribution in [0.3, 0.4) is 0 Å². The molecular weight excluding hydrogens is 382 g/mol. The van der Waals surface area contributed by atoms with Crippen LogP contribution in [-0.2, 0) is 0 Å². The molecule has 3 atom stereocenters. The second kappa shape index (κ2) is 8.06. The molecule has 2 aliphatic rings. The maximum absolute atomic E-state index is 12.5. The van der Waals surface area contributed by atoms with Crippen molar-refractivity contribution in [1.29, 1.82) is 0 Å². The van der Waals surface area contributed by atoms with Crippen molar-refractivity contribution in [2.24, 2.45) is 0 Å². The predicted octanol–water partition coefficient (Wildman–Crippen LogP) is 2.79. The summed E-state index contributed by atoms with van der Waals surface area (Å²) in [6.07, 6.45) is 2.07. The molecule has 0 aliphatic carbocycles. The van der Waals surface area contributed by atoms with Crippen LogP contribution in [0.2, 0.25) is 0 Å². The van der Waals surface area contributed by atoms with E-state index in [-0.39, 0.29) is 36.7 Å². The zero-order valence-electron chi connectivity index (χ0n) is 15.0. The van der Waals surface area contributed by atoms with E-state index in [0.717, 1.165) is 36.9 Å². The third-order valence-corrected chi connectivity index (χ3v) is 5.85. The van der Waals surface area contributed by atoms with E-state index in [1.807, 2.05) is 18.7 Å². The minimum Gasteiger partial charge on any atom is -0.395 e. The third kappa shape index (κ3) is 4.01. The second-order valence-electron chi connectivity index (χ2n) is 7.39. The Kier molecular flexibility index (Phi) is 6.02. The number of fused-ring (bicyclic) bond motifs is 1. The van der Waals surface area contributed by atoms with Gasteiger partial charge in [0.2, 0.25) is 0 Å². The molecule has 138 valence electrons. The van der Waals surface area contributed by atoms with Crippen LogP contribution in [-0.4, -0.2) is 65.3 Å². The van der Waals surface area contributed by atoms with Crippen LogP contribution in [0, 0.1) is 0 Å². The van der Waals surface area contributed by atoms with Crippen LogP contribution >= 0.6 is 15.9 Å². The maximum Gasteiger partial charge on any atom is 0.317 e. The zero-order valence-corrected chi connectivity index (χ0v) is 16.6. The second-order valence-corrected chi connectivity index (χ2v) is 8.31. The van der Waals surface area contributed by atoms with Crippen LogP contribution < -0.4 is 5.32 Å². The number of nitrogens with one attached hydrogen (secondary N) is 1. The fourth-order valence-electron chi connectivity index (χ4n) is 4.15. The fraction of sp³-hybridized carbons (Fsp3) is 0.632. The standard InChI is InChI=1S/C19H28BrN3O2/c1-13(2)21-19(25)22-9-3-4-10-23-16(11-22)18(17(23)12-24)14-5-7-15(20)8-6-14/h5-8,13,16-18,24H,3-4,9-12H2,1-2H3,(H,21,25)/t16-,17+,18-/m0/s1. The van der Waals surface area contributed by atoms with Gasteiger partial charge in [0, 0.05) is 41.6 Å². The van der Waals surface area contributed by atoms with E-state index in [0.29, 0.717) is 0 Å². The number of aliphatic hydroxyl groups excluding tert-OH is 1. The average molecular weight is 410 g/mol. The molecule has 25 heavy (non-hydrogen) atoms. The number of rotatable bonds is 3. The van der Waals surface area contributed by atoms with Gasteiger partial charge in [-0.25, -0.2) is 4.79 Å². The number of hydrogen-bond acceptors (Lipinski definition) is 3. The van der Waals surface area contributed by atoms with Gasteiger partial charge in [-0.2, -0.15) is 0 Å². The lowest BCUT2D eigenvalue weighted by atomic mass is 9.74. The van der Waals surface area contributed by atoms with Crippen LogP contribution in [0.25, 0.3) is 0 Å². The monoisotopic (exact) mass is 409 g/mol. The Balaban J connectivity index is 1.80. The van der Waals surface area contributed by atoms with Gasteiger partial charge in [-0.15, -0.1) is 0 Å². The van der Waals surface area contributed by atoms with Gasteiger partial charge >= 0.3 is 6.03 Å². The molecule has 2 saturated heterocycles. The van der Waals surface area contributed by atoms with Gasteiger partial charge in [-0.3, -0.25) is 4.90 Å². The first-order valence-corrected chi connectivity index (χ1v) is 9.98. The number of nitrogens with zero attached hydrogens (tertiary/aromatic N) is 2. The molecule has 2 N–H and O–H groups in total. The summed E-state index contributed by atoms with van der Waals surface area (Å²) in [5.41, 5.74) is 1.24. The van der Waals surface area contributed by atoms with Crippen molar-refractivity contribution in [3.8, 4) is 0 Å². The number of hydrogen-bond donors (Lipinski definition) is 2. The minimum atomic E-state index is 0.0267. The molecule has 0 unspecified atom stereocenters. The first kappa shape index (κ1) is 18.7. The fourth-order valence-corrected chi connectivity index (χ4v) is 4.41. The Morgan fingerprint density at radius 2 is 1.96 bits per heavy atom. The average Bonchev–Trinajstić information content (AvgIpc) is 2.54. The van der Waals surface area contributed by atoms with Gasteiger partial charge in [-0.1, -0.05) is 28.1 Å². The lowest BCUT2D eigenvalue weighted by Gasteiger charge is -2.57. The van der Waals surface area contributed by atoms with Crippen molar-refractivity contribution < 1.29 is 9.90 Å². The van der Waals surface area contributed by atoms with E-state index in [1.54, 1.807) is 0 Å². The Morgan fingerprint density at radius 1 is 1.28 bits per heavy atom. The van der Waals surface area contributed by atoms with Crippen LogP contribution in [0.5, 0.6) is 0 Å². The molecule has 0 spiro atoms. The summed E-state index contributed by atoms with van der Waals surface area (Å²) in [6.45, 7) is 6.67. The highest BCUT2D eigenvalue weighted by Gasteiger charge is 2.49. The van der Waals surface area contributed by atoms with Crippen molar-refractivity contribution in [3.05, 3.63) is 34.3 Å². The molecule has 2 fully saturated rings. The number of carbonyl (C=O) groups excluding carboxylic acids is 1. The van der Waals surface area contributed by atoms with Crippen molar-refractivity contribution in [1.82, 2.24) is 15.1 Å². The molecule has 1 aromatic rings. The quantitative estimate of drug-likeness (QED) is 0.806. The molecule has 2 heterocycles. The van der Waals surface area contributed by atoms with Crippen molar-refractivity contribution >= 4 is 22.0 Å². The van der Waals surface area contributed by atoms with Gasteiger partial charge in [0.15, 0.2) is 0 Å². The highest BCUT2D eigenvalue weighted by atomic mass is 79.9. The number of amides is 2. The summed E-state index contributed by atoms with van der Waals surface area (Å²) in [5, 5.41) is 12.9. The van der Waals surface area contributed by atoms with E-state index >= 15 is 0 Å². The molecule has 0 bridgehead atoms. The molecule has 0 aromatic heterocycles. The van der Waals surface area contributed by atoms with Crippen LogP contribution in [0.15, 0.2) is 28.7 Å². The highest BCUT2D eigenvalue weighted by Crippen LogP contribution is 2.42. The lowest BCUT2D eigenvalue weighted by molar-refractivity contribution is -0.0591. The van der Waals surface area contributed by atoms with E-state index < -0.39 is 0 Å². The van der Waals surface area contributed by atoms with E-state index in [4.69, 9.17) is 0 Å². The van der Waals surface area contributed by atoms with Gasteiger partial charge < -0.3 is 15.3 Å². The molecule has 5 nitrogen and oxygen atoms in total. The zero-order chi connectivity index (χ0) is 18.0. The van der Waals surface area contributed by atoms with E-state index in [2.05, 4.69) is 50.4 Å². The summed E-state index contributed by atoms with van der Waals surface area (Å²) in [6, 6.07) is 8.97. The summed E-state index contributed by atoms with van der Waals surface area (Å²) >= 11 is 3.49. The van der Waals surface area contributed by atoms with Crippen molar-refractivity contribution in [2.75, 3.05) is 26.2 Å². The molecule has 2 aliphatic heterocycles. The molecule has 0 saturated carbocycles. The minimum absolute atomic E-state index is 0.0267. The highest BCUT2D eigenvalue weighted by molar-refractivity contribution is 9.10. The maximum atomic E-state index is 12.5. The lowest BCUT2D eigenvalue weighted by Crippen LogP contribution is -2.68. The SMILES string of the molecule is CC(C)NC(=O)N1CCCCN2[C@H](CO)[C@@H](c3ccc(Br)cc3)[C@@H]2C1. The molecule has 2 amide bonds. The Morgan fingerprint density at radius 3 is 2.60 bits per heavy atom. The number of carbonyl (C=O) groups is 1. The number of aliphatic hydroxyl groups is 1. The normalized spacial score (nSPS) is 27.2. The molecule has 3 rings (SSSR count). The summed E-state index contributed by atoms with van der Waals surface area (Å²) in [7, 11) is 0. The largest absolute Gasteiger partial charge is 0.395 e. The topological polar surface area (TPSA) is 55.8 Å². The Hall–Kier alpha value is -1.11. The number of urea groups is 1. The molecule has 6 heteroatoms. The number of halogens is 1. The Bertz CT molecular complexity index is 593. The predicted molar refractivity (Wildman–Crippen MR) is 103 cm³/mol. The van der Waals surface area contributed by atoms with Crippen molar-refractivity contribution in [2.45, 2.75) is 50.7 Å². The first-order chi connectivity index (χ1) is 12.0. The summed E-state index contributed by atoms with van der Waals surface area (Å²) < 4.78 is 1.06. The smallest absolute Gasteiger partial charge is 0.317 e. The van der Waals surface area contributed by atoms with E-state index in [1.165, 1.54) is 5.56 Å². The first-order valence-electron chi connectivity index (χ1n) is 9.18. The molecular formula is C19H28BrN3O2. The van der Waals surface area contributed by atoms with Gasteiger partial charge in [0.25, 0.3) is 0 Å². The summed E-state index contributed by atoms with van der Waals surface area (Å²) in [4.78, 5) is 16.9. The summed E-state index contributed by atoms with van der Waals surface area (Å²) in [5.74, 6) is 0.269. The number of benzene rings is 1. The van der Waals surface area contributed by atoms with Crippen molar-refractivity contribution in [3.63, 3.8) is 0 Å².